The third kappa shape index (κ3) is 7.22. The molecule has 1 amide bonds. The molecule has 0 spiro atoms. The Balaban J connectivity index is 2.62. The van der Waals surface area contributed by atoms with Gasteiger partial charge >= 0.3 is 0 Å². The van der Waals surface area contributed by atoms with Gasteiger partial charge in [0.15, 0.2) is 0 Å². The van der Waals surface area contributed by atoms with Crippen molar-refractivity contribution in [3.8, 4) is 11.8 Å². The minimum Gasteiger partial charge on any atom is -0.384 e. The number of nitrogens with zero attached hydrogens (tertiary/aromatic N) is 1. The summed E-state index contributed by atoms with van der Waals surface area (Å²) < 4.78 is 0.0936. The van der Waals surface area contributed by atoms with Crippen molar-refractivity contribution in [3.63, 3.8) is 0 Å². The summed E-state index contributed by atoms with van der Waals surface area (Å²) in [6.07, 6.45) is 0. The molecule has 21 heavy (non-hydrogen) atoms. The summed E-state index contributed by atoms with van der Waals surface area (Å²) in [5, 5.41) is 8.71. The van der Waals surface area contributed by atoms with Crippen molar-refractivity contribution in [2.24, 2.45) is 0 Å². The fraction of sp³-hybridized carbons (Fsp3) is 0.471. The third-order valence-corrected chi connectivity index (χ3v) is 3.97. The minimum atomic E-state index is -0.146. The number of aliphatic hydroxyl groups excluding tert-OH is 1. The molecular formula is C17H23NO2S. The predicted molar refractivity (Wildman–Crippen MR) is 89.1 cm³/mol. The smallest absolute Gasteiger partial charge is 0.232 e. The summed E-state index contributed by atoms with van der Waals surface area (Å²) >= 11 is 1.65. The van der Waals surface area contributed by atoms with Crippen molar-refractivity contribution in [1.82, 2.24) is 4.90 Å². The van der Waals surface area contributed by atoms with Crippen molar-refractivity contribution in [1.29, 1.82) is 0 Å². The summed E-state index contributed by atoms with van der Waals surface area (Å²) in [5.41, 5.74) is 1.89. The van der Waals surface area contributed by atoms with Crippen LogP contribution in [0.4, 0.5) is 0 Å². The van der Waals surface area contributed by atoms with E-state index in [1.807, 2.05) is 31.3 Å². The second-order valence-corrected chi connectivity index (χ2v) is 7.61. The Labute approximate surface area is 131 Å². The van der Waals surface area contributed by atoms with Gasteiger partial charge in [-0.3, -0.25) is 4.79 Å². The van der Waals surface area contributed by atoms with Gasteiger partial charge in [0.05, 0.1) is 5.75 Å². The zero-order valence-electron chi connectivity index (χ0n) is 13.1. The van der Waals surface area contributed by atoms with Gasteiger partial charge in [-0.1, -0.05) is 44.7 Å². The van der Waals surface area contributed by atoms with Crippen LogP contribution in [-0.2, 0) is 11.3 Å². The van der Waals surface area contributed by atoms with Crippen LogP contribution in [0.3, 0.4) is 0 Å². The molecular weight excluding hydrogens is 282 g/mol. The fourth-order valence-electron chi connectivity index (χ4n) is 1.64. The maximum Gasteiger partial charge on any atom is 0.232 e. The van der Waals surface area contributed by atoms with Gasteiger partial charge in [-0.05, 0) is 17.7 Å². The molecule has 0 aliphatic heterocycles. The number of carbonyl (C=O) groups excluding carboxylic acids is 1. The number of carbonyl (C=O) groups is 1. The van der Waals surface area contributed by atoms with E-state index in [4.69, 9.17) is 5.11 Å². The van der Waals surface area contributed by atoms with E-state index < -0.39 is 0 Å². The molecule has 1 rings (SSSR count). The van der Waals surface area contributed by atoms with Gasteiger partial charge in [0.25, 0.3) is 0 Å². The van der Waals surface area contributed by atoms with E-state index in [1.54, 1.807) is 16.7 Å². The van der Waals surface area contributed by atoms with Crippen molar-refractivity contribution < 1.29 is 9.90 Å². The number of hydrogen-bond acceptors (Lipinski definition) is 3. The van der Waals surface area contributed by atoms with Crippen molar-refractivity contribution in [3.05, 3.63) is 35.4 Å². The molecule has 0 aliphatic carbocycles. The van der Waals surface area contributed by atoms with Crippen LogP contribution in [0, 0.1) is 11.8 Å². The van der Waals surface area contributed by atoms with Gasteiger partial charge in [0, 0.05) is 23.9 Å². The molecule has 0 aromatic heterocycles. The number of thioether (sulfide) groups is 1. The van der Waals surface area contributed by atoms with E-state index in [-0.39, 0.29) is 17.3 Å². The Morgan fingerprint density at radius 1 is 1.38 bits per heavy atom. The topological polar surface area (TPSA) is 40.5 Å². The molecule has 1 aromatic carbocycles. The van der Waals surface area contributed by atoms with E-state index in [9.17, 15) is 4.79 Å². The number of hydrogen-bond donors (Lipinski definition) is 1. The van der Waals surface area contributed by atoms with Crippen LogP contribution in [-0.4, -0.2) is 40.1 Å². The van der Waals surface area contributed by atoms with E-state index in [0.717, 1.165) is 11.1 Å². The first kappa shape index (κ1) is 17.6. The lowest BCUT2D eigenvalue weighted by Crippen LogP contribution is -2.29. The molecule has 0 saturated heterocycles. The second kappa shape index (κ2) is 8.11. The number of aliphatic hydroxyl groups is 1. The highest BCUT2D eigenvalue weighted by Crippen LogP contribution is 2.23. The highest BCUT2D eigenvalue weighted by atomic mass is 32.2. The first-order chi connectivity index (χ1) is 9.81. The van der Waals surface area contributed by atoms with Crippen molar-refractivity contribution in [2.45, 2.75) is 32.1 Å². The summed E-state index contributed by atoms with van der Waals surface area (Å²) in [7, 11) is 1.82. The molecule has 0 unspecified atom stereocenters. The second-order valence-electron chi connectivity index (χ2n) is 5.81. The molecule has 0 fully saturated rings. The standard InChI is InChI=1S/C17H23NO2S/c1-17(2,3)21-13-16(20)18(4)12-15-8-5-7-14(11-15)9-6-10-19/h5,7-8,11,19H,10,12-13H2,1-4H3. The average molecular weight is 305 g/mol. The Kier molecular flexibility index (Phi) is 6.80. The van der Waals surface area contributed by atoms with Crippen LogP contribution in [0.15, 0.2) is 24.3 Å². The molecule has 0 aliphatic rings. The third-order valence-electron chi connectivity index (χ3n) is 2.71. The number of rotatable bonds is 4. The van der Waals surface area contributed by atoms with Crippen LogP contribution in [0.25, 0.3) is 0 Å². The quantitative estimate of drug-likeness (QED) is 0.869. The minimum absolute atomic E-state index is 0.0936. The molecule has 114 valence electrons. The Bertz CT molecular complexity index is 538. The number of benzene rings is 1. The lowest BCUT2D eigenvalue weighted by atomic mass is 10.1. The highest BCUT2D eigenvalue weighted by molar-refractivity contribution is 8.01. The maximum atomic E-state index is 12.1. The first-order valence-corrected chi connectivity index (χ1v) is 7.87. The fourth-order valence-corrected chi connectivity index (χ4v) is 2.42. The molecule has 0 radical (unpaired) electrons. The molecule has 0 saturated carbocycles. The van der Waals surface area contributed by atoms with Crippen LogP contribution in [0.2, 0.25) is 0 Å². The molecule has 4 heteroatoms. The average Bonchev–Trinajstić information content (AvgIpc) is 2.42. The lowest BCUT2D eigenvalue weighted by molar-refractivity contribution is -0.127. The van der Waals surface area contributed by atoms with E-state index >= 15 is 0 Å². The largest absolute Gasteiger partial charge is 0.384 e. The van der Waals surface area contributed by atoms with Gasteiger partial charge in [-0.2, -0.15) is 0 Å². The van der Waals surface area contributed by atoms with Crippen molar-refractivity contribution >= 4 is 17.7 Å². The Morgan fingerprint density at radius 2 is 2.10 bits per heavy atom. The van der Waals surface area contributed by atoms with Crippen LogP contribution in [0.5, 0.6) is 0 Å². The molecule has 3 nitrogen and oxygen atoms in total. The summed E-state index contributed by atoms with van der Waals surface area (Å²) in [5.74, 6) is 6.12. The monoisotopic (exact) mass is 305 g/mol. The van der Waals surface area contributed by atoms with Gasteiger partial charge in [0.2, 0.25) is 5.91 Å². The highest BCUT2D eigenvalue weighted by Gasteiger charge is 2.16. The van der Waals surface area contributed by atoms with E-state index in [1.165, 1.54) is 0 Å². The van der Waals surface area contributed by atoms with Crippen LogP contribution >= 0.6 is 11.8 Å². The van der Waals surface area contributed by atoms with Gasteiger partial charge < -0.3 is 10.0 Å². The Morgan fingerprint density at radius 3 is 2.71 bits per heavy atom. The molecule has 0 atom stereocenters. The maximum absolute atomic E-state index is 12.1. The molecule has 0 heterocycles. The van der Waals surface area contributed by atoms with Gasteiger partial charge in [0.1, 0.15) is 6.61 Å². The van der Waals surface area contributed by atoms with Gasteiger partial charge in [-0.25, -0.2) is 0 Å². The normalized spacial score (nSPS) is 10.7. The summed E-state index contributed by atoms with van der Waals surface area (Å²) in [6, 6.07) is 7.73. The predicted octanol–water partition coefficient (Wildman–Crippen LogP) is 2.52. The van der Waals surface area contributed by atoms with Gasteiger partial charge in [-0.15, -0.1) is 11.8 Å². The Hall–Kier alpha value is -1.44. The van der Waals surface area contributed by atoms with E-state index in [0.29, 0.717) is 12.3 Å². The zero-order chi connectivity index (χ0) is 15.9. The van der Waals surface area contributed by atoms with Crippen molar-refractivity contribution in [2.75, 3.05) is 19.4 Å². The zero-order valence-corrected chi connectivity index (χ0v) is 14.0. The SMILES string of the molecule is CN(Cc1cccc(C#CCO)c1)C(=O)CSC(C)(C)C. The van der Waals surface area contributed by atoms with Crippen LogP contribution < -0.4 is 0 Å². The molecule has 1 aromatic rings. The molecule has 1 N–H and O–H groups in total. The first-order valence-electron chi connectivity index (χ1n) is 6.88. The number of amides is 1. The summed E-state index contributed by atoms with van der Waals surface area (Å²) in [6.45, 7) is 6.74. The lowest BCUT2D eigenvalue weighted by Gasteiger charge is -2.21. The molecule has 0 bridgehead atoms. The van der Waals surface area contributed by atoms with Crippen LogP contribution in [0.1, 0.15) is 31.9 Å². The summed E-state index contributed by atoms with van der Waals surface area (Å²) in [4.78, 5) is 13.8. The van der Waals surface area contributed by atoms with E-state index in [2.05, 4.69) is 32.6 Å².